The van der Waals surface area contributed by atoms with E-state index in [2.05, 4.69) is 0 Å². The molecule has 0 N–H and O–H groups in total. The molecule has 0 bridgehead atoms. The molecule has 0 aliphatic carbocycles. The van der Waals surface area contributed by atoms with E-state index in [4.69, 9.17) is 14.2 Å². The van der Waals surface area contributed by atoms with E-state index in [0.717, 1.165) is 0 Å². The molecule has 0 spiro atoms. The molecular formula is C18H18N2O8. The number of carbonyl (C=O) groups is 1. The maximum absolute atomic E-state index is 11.5. The predicted molar refractivity (Wildman–Crippen MR) is 96.9 cm³/mol. The van der Waals surface area contributed by atoms with Crippen molar-refractivity contribution in [1.29, 1.82) is 0 Å². The van der Waals surface area contributed by atoms with Crippen LogP contribution in [0.5, 0.6) is 5.75 Å². The lowest BCUT2D eigenvalue weighted by Crippen LogP contribution is -2.16. The summed E-state index contributed by atoms with van der Waals surface area (Å²) in [6, 6.07) is 9.77. The summed E-state index contributed by atoms with van der Waals surface area (Å²) in [5, 5.41) is 21.7. The Morgan fingerprint density at radius 3 is 2.18 bits per heavy atom. The van der Waals surface area contributed by atoms with Crippen LogP contribution in [-0.2, 0) is 20.9 Å². The third-order valence-corrected chi connectivity index (χ3v) is 3.76. The maximum atomic E-state index is 11.5. The molecular weight excluding hydrogens is 372 g/mol. The minimum atomic E-state index is -0.926. The number of nitrogens with zero attached hydrogens (tertiary/aromatic N) is 2. The minimum Gasteiger partial charge on any atom is -0.496 e. The fraction of sp³-hybridized carbons (Fsp3) is 0.278. The maximum Gasteiger partial charge on any atom is 0.303 e. The summed E-state index contributed by atoms with van der Waals surface area (Å²) in [5.41, 5.74) is 0.764. The molecule has 1 unspecified atom stereocenters. The highest BCUT2D eigenvalue weighted by atomic mass is 16.6. The Kier molecular flexibility index (Phi) is 6.99. The number of hydrogen-bond donors (Lipinski definition) is 0. The van der Waals surface area contributed by atoms with Gasteiger partial charge < -0.3 is 14.2 Å². The Morgan fingerprint density at radius 1 is 1.04 bits per heavy atom. The van der Waals surface area contributed by atoms with E-state index in [1.54, 1.807) is 12.1 Å². The second-order valence-electron chi connectivity index (χ2n) is 5.72. The highest BCUT2D eigenvalue weighted by molar-refractivity contribution is 5.66. The number of nitro benzene ring substituents is 2. The lowest BCUT2D eigenvalue weighted by Gasteiger charge is -2.19. The summed E-state index contributed by atoms with van der Waals surface area (Å²) in [4.78, 5) is 32.1. The van der Waals surface area contributed by atoms with Crippen LogP contribution in [0, 0.1) is 20.2 Å². The average Bonchev–Trinajstić information content (AvgIpc) is 2.66. The smallest absolute Gasteiger partial charge is 0.303 e. The summed E-state index contributed by atoms with van der Waals surface area (Å²) < 4.78 is 16.0. The number of non-ortho nitro benzene ring substituents is 2. The van der Waals surface area contributed by atoms with Crippen molar-refractivity contribution >= 4 is 17.3 Å². The minimum absolute atomic E-state index is 0.0390. The van der Waals surface area contributed by atoms with Gasteiger partial charge >= 0.3 is 5.97 Å². The molecule has 10 nitrogen and oxygen atoms in total. The molecule has 0 saturated heterocycles. The fourth-order valence-electron chi connectivity index (χ4n) is 2.47. The largest absolute Gasteiger partial charge is 0.496 e. The van der Waals surface area contributed by atoms with E-state index < -0.39 is 21.9 Å². The molecule has 0 aliphatic rings. The number of benzene rings is 2. The van der Waals surface area contributed by atoms with Gasteiger partial charge in [-0.1, -0.05) is 0 Å². The van der Waals surface area contributed by atoms with Gasteiger partial charge in [0.15, 0.2) is 6.10 Å². The van der Waals surface area contributed by atoms with Crippen LogP contribution in [0.4, 0.5) is 11.4 Å². The number of esters is 1. The third kappa shape index (κ3) is 5.48. The highest BCUT2D eigenvalue weighted by Gasteiger charge is 2.23. The van der Waals surface area contributed by atoms with Crippen molar-refractivity contribution in [2.75, 3.05) is 13.7 Å². The van der Waals surface area contributed by atoms with Crippen molar-refractivity contribution in [1.82, 2.24) is 0 Å². The molecule has 0 saturated carbocycles. The Labute approximate surface area is 159 Å². The average molecular weight is 390 g/mol. The quantitative estimate of drug-likeness (QED) is 0.362. The fourth-order valence-corrected chi connectivity index (χ4v) is 2.47. The van der Waals surface area contributed by atoms with Crippen molar-refractivity contribution in [3.63, 3.8) is 0 Å². The zero-order chi connectivity index (χ0) is 20.7. The number of ether oxygens (including phenoxy) is 3. The monoisotopic (exact) mass is 390 g/mol. The van der Waals surface area contributed by atoms with Gasteiger partial charge in [-0.25, -0.2) is 0 Å². The highest BCUT2D eigenvalue weighted by Crippen LogP contribution is 2.32. The number of nitro groups is 2. The molecule has 0 heterocycles. The summed E-state index contributed by atoms with van der Waals surface area (Å²) >= 11 is 0. The molecule has 0 aliphatic heterocycles. The van der Waals surface area contributed by atoms with Crippen molar-refractivity contribution in [3.05, 3.63) is 73.8 Å². The number of hydrogen-bond acceptors (Lipinski definition) is 8. The van der Waals surface area contributed by atoms with Gasteiger partial charge in [0.05, 0.1) is 30.2 Å². The van der Waals surface area contributed by atoms with Crippen molar-refractivity contribution in [2.45, 2.75) is 19.6 Å². The molecule has 28 heavy (non-hydrogen) atoms. The first-order chi connectivity index (χ1) is 13.3. The van der Waals surface area contributed by atoms with Gasteiger partial charge in [0.2, 0.25) is 0 Å². The molecule has 0 radical (unpaired) electrons. The zero-order valence-electron chi connectivity index (χ0n) is 15.2. The van der Waals surface area contributed by atoms with E-state index in [9.17, 15) is 25.0 Å². The van der Waals surface area contributed by atoms with Crippen LogP contribution in [0.2, 0.25) is 0 Å². The first kappa shape index (κ1) is 20.8. The normalized spacial score (nSPS) is 11.5. The SMILES string of the molecule is COc1ccc([N+](=O)[O-])cc1C(COCc1ccc([N+](=O)[O-])cc1)OC(C)=O. The first-order valence-corrected chi connectivity index (χ1v) is 8.12. The lowest BCUT2D eigenvalue weighted by atomic mass is 10.1. The molecule has 1 atom stereocenters. The molecule has 2 aromatic rings. The summed E-state index contributed by atoms with van der Waals surface area (Å²) in [6.07, 6.45) is -0.926. The van der Waals surface area contributed by atoms with Crippen molar-refractivity contribution < 1.29 is 28.9 Å². The molecule has 10 heteroatoms. The third-order valence-electron chi connectivity index (χ3n) is 3.76. The predicted octanol–water partition coefficient (Wildman–Crippen LogP) is 3.33. The molecule has 2 aromatic carbocycles. The number of carbonyl (C=O) groups excluding carboxylic acids is 1. The van der Waals surface area contributed by atoms with Crippen LogP contribution in [0.25, 0.3) is 0 Å². The van der Waals surface area contributed by atoms with Crippen LogP contribution in [0.3, 0.4) is 0 Å². The standard InChI is InChI=1S/C18H18N2O8/c1-12(21)28-18(16-9-15(20(24)25)7-8-17(16)26-2)11-27-10-13-3-5-14(6-4-13)19(22)23/h3-9,18H,10-11H2,1-2H3. The molecule has 148 valence electrons. The van der Waals surface area contributed by atoms with E-state index in [0.29, 0.717) is 16.9 Å². The molecule has 0 fully saturated rings. The zero-order valence-corrected chi connectivity index (χ0v) is 15.2. The number of methoxy groups -OCH3 is 1. The summed E-state index contributed by atoms with van der Waals surface area (Å²) in [6.45, 7) is 1.23. The summed E-state index contributed by atoms with van der Waals surface area (Å²) in [7, 11) is 1.40. The van der Waals surface area contributed by atoms with E-state index in [1.165, 1.54) is 44.4 Å². The Balaban J connectivity index is 2.15. The van der Waals surface area contributed by atoms with E-state index in [-0.39, 0.29) is 24.6 Å². The topological polar surface area (TPSA) is 131 Å². The van der Waals surface area contributed by atoms with Gasteiger partial charge in [-0.15, -0.1) is 0 Å². The van der Waals surface area contributed by atoms with Gasteiger partial charge in [0, 0.05) is 36.8 Å². The Hall–Kier alpha value is -3.53. The van der Waals surface area contributed by atoms with Gasteiger partial charge in [0.25, 0.3) is 11.4 Å². The van der Waals surface area contributed by atoms with Crippen LogP contribution in [-0.4, -0.2) is 29.5 Å². The second-order valence-corrected chi connectivity index (χ2v) is 5.72. The molecule has 0 amide bonds. The lowest BCUT2D eigenvalue weighted by molar-refractivity contribution is -0.385. The van der Waals surface area contributed by atoms with Crippen molar-refractivity contribution in [2.24, 2.45) is 0 Å². The van der Waals surface area contributed by atoms with Crippen LogP contribution < -0.4 is 4.74 Å². The van der Waals surface area contributed by atoms with Gasteiger partial charge in [-0.3, -0.25) is 25.0 Å². The van der Waals surface area contributed by atoms with Gasteiger partial charge in [0.1, 0.15) is 5.75 Å². The summed E-state index contributed by atoms with van der Waals surface area (Å²) in [5.74, 6) is -0.270. The van der Waals surface area contributed by atoms with Crippen LogP contribution in [0.15, 0.2) is 42.5 Å². The second kappa shape index (κ2) is 9.42. The van der Waals surface area contributed by atoms with E-state index >= 15 is 0 Å². The first-order valence-electron chi connectivity index (χ1n) is 8.12. The van der Waals surface area contributed by atoms with Crippen molar-refractivity contribution in [3.8, 4) is 5.75 Å². The molecule has 0 aromatic heterocycles. The van der Waals surface area contributed by atoms with E-state index in [1.807, 2.05) is 0 Å². The Bertz CT molecular complexity index is 866. The van der Waals surface area contributed by atoms with Crippen LogP contribution in [0.1, 0.15) is 24.2 Å². The number of rotatable bonds is 9. The molecule has 2 rings (SSSR count). The van der Waals surface area contributed by atoms with Crippen LogP contribution >= 0.6 is 0 Å². The van der Waals surface area contributed by atoms with Gasteiger partial charge in [-0.05, 0) is 23.8 Å². The Morgan fingerprint density at radius 2 is 1.64 bits per heavy atom. The van der Waals surface area contributed by atoms with Gasteiger partial charge in [-0.2, -0.15) is 0 Å².